The quantitative estimate of drug-likeness (QED) is 0.762. The first-order valence-electron chi connectivity index (χ1n) is 6.42. The summed E-state index contributed by atoms with van der Waals surface area (Å²) in [7, 11) is 3.72. The molecule has 1 aromatic rings. The lowest BCUT2D eigenvalue weighted by Gasteiger charge is -2.41. The summed E-state index contributed by atoms with van der Waals surface area (Å²) in [6.45, 7) is 5.60. The van der Waals surface area contributed by atoms with Crippen molar-refractivity contribution in [1.82, 2.24) is 9.80 Å². The maximum absolute atomic E-state index is 12.6. The summed E-state index contributed by atoms with van der Waals surface area (Å²) in [6.07, 6.45) is -0.257. The van der Waals surface area contributed by atoms with Gasteiger partial charge in [0.2, 0.25) is 5.91 Å². The lowest BCUT2D eigenvalue weighted by Crippen LogP contribution is -2.58. The largest absolute Gasteiger partial charge is 0.289 e. The fourth-order valence-electron chi connectivity index (χ4n) is 2.42. The van der Waals surface area contributed by atoms with E-state index in [1.54, 1.807) is 6.07 Å². The number of amides is 2. The van der Waals surface area contributed by atoms with Crippen molar-refractivity contribution >= 4 is 11.8 Å². The highest BCUT2D eigenvalue weighted by molar-refractivity contribution is 6.13. The molecule has 19 heavy (non-hydrogen) atoms. The molecule has 1 atom stereocenters. The third-order valence-electron chi connectivity index (χ3n) is 3.92. The SMILES string of the molecule is CC(N(C)C)N1C(=O)c2ccccc2C(C)(C)C1=O. The molecule has 4 heteroatoms. The zero-order valence-electron chi connectivity index (χ0n) is 12.1. The number of rotatable bonds is 2. The van der Waals surface area contributed by atoms with Crippen molar-refractivity contribution in [2.45, 2.75) is 32.4 Å². The Balaban J connectivity index is 2.59. The molecule has 1 aromatic carbocycles. The van der Waals surface area contributed by atoms with Crippen molar-refractivity contribution in [3.05, 3.63) is 35.4 Å². The number of hydrogen-bond donors (Lipinski definition) is 0. The molecule has 2 amide bonds. The fraction of sp³-hybridized carbons (Fsp3) is 0.467. The zero-order valence-corrected chi connectivity index (χ0v) is 12.1. The van der Waals surface area contributed by atoms with Crippen LogP contribution in [0.5, 0.6) is 0 Å². The summed E-state index contributed by atoms with van der Waals surface area (Å²) >= 11 is 0. The van der Waals surface area contributed by atoms with E-state index < -0.39 is 5.41 Å². The molecule has 0 bridgehead atoms. The molecule has 1 aliphatic rings. The minimum Gasteiger partial charge on any atom is -0.289 e. The van der Waals surface area contributed by atoms with E-state index in [4.69, 9.17) is 0 Å². The molecule has 0 aromatic heterocycles. The van der Waals surface area contributed by atoms with Gasteiger partial charge in [-0.1, -0.05) is 18.2 Å². The van der Waals surface area contributed by atoms with Gasteiger partial charge in [0, 0.05) is 5.56 Å². The molecule has 1 unspecified atom stereocenters. The number of hydrogen-bond acceptors (Lipinski definition) is 3. The molecule has 1 heterocycles. The summed E-state index contributed by atoms with van der Waals surface area (Å²) in [5.74, 6) is -0.349. The Morgan fingerprint density at radius 1 is 1.16 bits per heavy atom. The van der Waals surface area contributed by atoms with Crippen LogP contribution in [0.1, 0.15) is 36.7 Å². The van der Waals surface area contributed by atoms with Gasteiger partial charge in [-0.3, -0.25) is 19.4 Å². The minimum atomic E-state index is -0.672. The predicted molar refractivity (Wildman–Crippen MR) is 73.8 cm³/mol. The third kappa shape index (κ3) is 1.96. The van der Waals surface area contributed by atoms with Gasteiger partial charge in [-0.15, -0.1) is 0 Å². The highest BCUT2D eigenvalue weighted by atomic mass is 16.2. The minimum absolute atomic E-state index is 0.141. The molecule has 0 saturated heterocycles. The van der Waals surface area contributed by atoms with Crippen LogP contribution in [-0.4, -0.2) is 41.9 Å². The van der Waals surface area contributed by atoms with Gasteiger partial charge in [0.15, 0.2) is 0 Å². The highest BCUT2D eigenvalue weighted by Gasteiger charge is 2.46. The molecule has 0 saturated carbocycles. The molecule has 102 valence electrons. The number of carbonyl (C=O) groups excluding carboxylic acids is 2. The van der Waals surface area contributed by atoms with Crippen LogP contribution >= 0.6 is 0 Å². The van der Waals surface area contributed by atoms with Gasteiger partial charge in [-0.2, -0.15) is 0 Å². The van der Waals surface area contributed by atoms with E-state index in [0.717, 1.165) is 5.56 Å². The highest BCUT2D eigenvalue weighted by Crippen LogP contribution is 2.35. The van der Waals surface area contributed by atoms with E-state index >= 15 is 0 Å². The van der Waals surface area contributed by atoms with Gasteiger partial charge in [-0.05, 0) is 46.5 Å². The van der Waals surface area contributed by atoms with Crippen LogP contribution in [-0.2, 0) is 10.2 Å². The first kappa shape index (κ1) is 13.7. The van der Waals surface area contributed by atoms with Gasteiger partial charge in [0.1, 0.15) is 0 Å². The first-order valence-corrected chi connectivity index (χ1v) is 6.42. The normalized spacial score (nSPS) is 19.6. The van der Waals surface area contributed by atoms with Crippen LogP contribution in [0.3, 0.4) is 0 Å². The zero-order chi connectivity index (χ0) is 14.4. The molecule has 0 aliphatic carbocycles. The molecule has 2 rings (SSSR count). The van der Waals surface area contributed by atoms with E-state index in [9.17, 15) is 9.59 Å². The Bertz CT molecular complexity index is 535. The molecular weight excluding hydrogens is 240 g/mol. The number of benzene rings is 1. The van der Waals surface area contributed by atoms with Crippen molar-refractivity contribution in [2.24, 2.45) is 0 Å². The third-order valence-corrected chi connectivity index (χ3v) is 3.92. The van der Waals surface area contributed by atoms with E-state index in [-0.39, 0.29) is 18.0 Å². The molecule has 0 N–H and O–H groups in total. The van der Waals surface area contributed by atoms with Gasteiger partial charge in [0.05, 0.1) is 11.6 Å². The topological polar surface area (TPSA) is 40.6 Å². The Morgan fingerprint density at radius 2 is 1.74 bits per heavy atom. The van der Waals surface area contributed by atoms with Crippen molar-refractivity contribution in [1.29, 1.82) is 0 Å². The second-order valence-electron chi connectivity index (χ2n) is 5.75. The van der Waals surface area contributed by atoms with Crippen LogP contribution in [0, 0.1) is 0 Å². The Labute approximate surface area is 114 Å². The molecule has 4 nitrogen and oxygen atoms in total. The number of fused-ring (bicyclic) bond motifs is 1. The summed E-state index contributed by atoms with van der Waals surface area (Å²) in [5.41, 5.74) is 0.766. The van der Waals surface area contributed by atoms with Crippen LogP contribution < -0.4 is 0 Å². The van der Waals surface area contributed by atoms with Crippen LogP contribution in [0.25, 0.3) is 0 Å². The maximum Gasteiger partial charge on any atom is 0.262 e. The number of imide groups is 1. The van der Waals surface area contributed by atoms with Crippen molar-refractivity contribution in [3.8, 4) is 0 Å². The lowest BCUT2D eigenvalue weighted by molar-refractivity contribution is -0.138. The second kappa shape index (κ2) is 4.46. The molecular formula is C15H20N2O2. The lowest BCUT2D eigenvalue weighted by atomic mass is 9.77. The standard InChI is InChI=1S/C15H20N2O2/c1-10(16(4)5)17-13(18)11-8-6-7-9-12(11)15(2,3)14(17)19/h6-10H,1-5H3. The van der Waals surface area contributed by atoms with E-state index in [0.29, 0.717) is 5.56 Å². The second-order valence-corrected chi connectivity index (χ2v) is 5.75. The Hall–Kier alpha value is -1.68. The maximum atomic E-state index is 12.6. The van der Waals surface area contributed by atoms with Gasteiger partial charge < -0.3 is 0 Å². The van der Waals surface area contributed by atoms with Gasteiger partial charge >= 0.3 is 0 Å². The van der Waals surface area contributed by atoms with E-state index in [2.05, 4.69) is 0 Å². The molecule has 0 fully saturated rings. The van der Waals surface area contributed by atoms with E-state index in [1.165, 1.54) is 4.90 Å². The monoisotopic (exact) mass is 260 g/mol. The smallest absolute Gasteiger partial charge is 0.262 e. The molecule has 1 aliphatic heterocycles. The number of carbonyl (C=O) groups is 2. The van der Waals surface area contributed by atoms with Gasteiger partial charge in [-0.25, -0.2) is 0 Å². The van der Waals surface area contributed by atoms with Gasteiger partial charge in [0.25, 0.3) is 5.91 Å². The summed E-state index contributed by atoms with van der Waals surface area (Å²) in [6, 6.07) is 7.36. The predicted octanol–water partition coefficient (Wildman–Crippen LogP) is 1.85. The fourth-order valence-corrected chi connectivity index (χ4v) is 2.42. The van der Waals surface area contributed by atoms with E-state index in [1.807, 2.05) is 58.0 Å². The summed E-state index contributed by atoms with van der Waals surface area (Å²) in [4.78, 5) is 28.4. The molecule has 0 spiro atoms. The average Bonchev–Trinajstić information content (AvgIpc) is 2.37. The van der Waals surface area contributed by atoms with Crippen molar-refractivity contribution in [3.63, 3.8) is 0 Å². The average molecular weight is 260 g/mol. The van der Waals surface area contributed by atoms with Crippen molar-refractivity contribution in [2.75, 3.05) is 14.1 Å². The summed E-state index contributed by atoms with van der Waals surface area (Å²) < 4.78 is 0. The van der Waals surface area contributed by atoms with Crippen molar-refractivity contribution < 1.29 is 9.59 Å². The molecule has 0 radical (unpaired) electrons. The first-order chi connectivity index (χ1) is 8.78. The van der Waals surface area contributed by atoms with Crippen LogP contribution in [0.2, 0.25) is 0 Å². The summed E-state index contributed by atoms with van der Waals surface area (Å²) in [5, 5.41) is 0. The number of nitrogens with zero attached hydrogens (tertiary/aromatic N) is 2. The van der Waals surface area contributed by atoms with Crippen LogP contribution in [0.4, 0.5) is 0 Å². The Kier molecular flexibility index (Phi) is 3.22. The van der Waals surface area contributed by atoms with Crippen LogP contribution in [0.15, 0.2) is 24.3 Å². The Morgan fingerprint density at radius 3 is 2.32 bits per heavy atom.